The largest absolute Gasteiger partial charge is 0.424 e. The van der Waals surface area contributed by atoms with Crippen LogP contribution in [0.5, 0.6) is 0 Å². The molecule has 0 bridgehead atoms. The Bertz CT molecular complexity index is 858. The quantitative estimate of drug-likeness (QED) is 0.537. The number of esters is 1. The summed E-state index contributed by atoms with van der Waals surface area (Å²) in [5, 5.41) is 22.9. The first-order valence-electron chi connectivity index (χ1n) is 9.13. The molecule has 2 N–H and O–H groups in total. The first kappa shape index (κ1) is 16.4. The molecule has 1 heterocycles. The molecule has 0 aromatic heterocycles. The molecule has 0 aromatic carbocycles. The summed E-state index contributed by atoms with van der Waals surface area (Å²) < 4.78 is 5.28. The summed E-state index contributed by atoms with van der Waals surface area (Å²) in [4.78, 5) is 39.1. The van der Waals surface area contributed by atoms with Gasteiger partial charge in [-0.15, -0.1) is 6.58 Å². The smallest absolute Gasteiger partial charge is 0.315 e. The molecule has 5 rings (SSSR count). The number of hydrogen-bond acceptors (Lipinski definition) is 6. The molecule has 1 saturated heterocycles. The van der Waals surface area contributed by atoms with Gasteiger partial charge in [0.05, 0.1) is 11.3 Å². The van der Waals surface area contributed by atoms with E-state index < -0.39 is 51.1 Å². The van der Waals surface area contributed by atoms with E-state index in [-0.39, 0.29) is 17.9 Å². The van der Waals surface area contributed by atoms with Gasteiger partial charge in [0.1, 0.15) is 0 Å². The highest BCUT2D eigenvalue weighted by Gasteiger charge is 2.89. The molecular weight excluding hydrogens is 336 g/mol. The van der Waals surface area contributed by atoms with Crippen LogP contribution in [0.4, 0.5) is 0 Å². The van der Waals surface area contributed by atoms with Gasteiger partial charge in [0, 0.05) is 22.8 Å². The average Bonchev–Trinajstić information content (AvgIpc) is 3.26. The maximum atomic E-state index is 13.3. The number of fused-ring (bicyclic) bond motifs is 1. The maximum Gasteiger partial charge on any atom is 0.315 e. The number of hydrogen-bond donors (Lipinski definition) is 2. The molecular formula is C20H22O6. The van der Waals surface area contributed by atoms with E-state index in [1.54, 1.807) is 26.0 Å². The van der Waals surface area contributed by atoms with Crippen LogP contribution >= 0.6 is 0 Å². The van der Waals surface area contributed by atoms with Gasteiger partial charge in [-0.1, -0.05) is 19.1 Å². The average molecular weight is 358 g/mol. The van der Waals surface area contributed by atoms with Gasteiger partial charge in [-0.25, -0.2) is 0 Å². The Morgan fingerprint density at radius 3 is 2.62 bits per heavy atom. The Morgan fingerprint density at radius 1 is 1.27 bits per heavy atom. The summed E-state index contributed by atoms with van der Waals surface area (Å²) >= 11 is 0. The minimum Gasteiger partial charge on any atom is -0.424 e. The van der Waals surface area contributed by atoms with Crippen LogP contribution in [-0.2, 0) is 19.1 Å². The van der Waals surface area contributed by atoms with E-state index in [0.29, 0.717) is 19.3 Å². The Morgan fingerprint density at radius 2 is 1.96 bits per heavy atom. The monoisotopic (exact) mass is 358 g/mol. The van der Waals surface area contributed by atoms with Crippen LogP contribution in [0.1, 0.15) is 39.5 Å². The molecule has 5 aliphatic rings. The lowest BCUT2D eigenvalue weighted by Gasteiger charge is -2.55. The molecule has 6 heteroatoms. The lowest BCUT2D eigenvalue weighted by Crippen LogP contribution is -2.70. The predicted molar refractivity (Wildman–Crippen MR) is 88.4 cm³/mol. The van der Waals surface area contributed by atoms with Gasteiger partial charge in [0.25, 0.3) is 5.79 Å². The highest BCUT2D eigenvalue weighted by molar-refractivity contribution is 6.15. The van der Waals surface area contributed by atoms with Gasteiger partial charge < -0.3 is 14.9 Å². The van der Waals surface area contributed by atoms with E-state index in [4.69, 9.17) is 4.74 Å². The van der Waals surface area contributed by atoms with Gasteiger partial charge in [0.15, 0.2) is 11.4 Å². The van der Waals surface area contributed by atoms with Crippen molar-refractivity contribution in [3.63, 3.8) is 0 Å². The van der Waals surface area contributed by atoms with Crippen molar-refractivity contribution in [1.82, 2.24) is 0 Å². The van der Waals surface area contributed by atoms with Crippen molar-refractivity contribution in [2.45, 2.75) is 50.9 Å². The fraction of sp³-hybridized carbons (Fsp3) is 0.650. The van der Waals surface area contributed by atoms with E-state index >= 15 is 0 Å². The highest BCUT2D eigenvalue weighted by Crippen LogP contribution is 2.80. The number of carbonyl (C=O) groups is 3. The normalized spacial score (nSPS) is 56.8. The molecule has 0 unspecified atom stereocenters. The minimum atomic E-state index is -2.31. The second-order valence-corrected chi connectivity index (χ2v) is 9.32. The topological polar surface area (TPSA) is 101 Å². The fourth-order valence-corrected chi connectivity index (χ4v) is 6.57. The number of carbonyl (C=O) groups excluding carboxylic acids is 3. The molecule has 0 aromatic rings. The molecule has 4 fully saturated rings. The van der Waals surface area contributed by atoms with Gasteiger partial charge in [-0.3, -0.25) is 14.4 Å². The van der Waals surface area contributed by atoms with Gasteiger partial charge in [-0.2, -0.15) is 0 Å². The predicted octanol–water partition coefficient (Wildman–Crippen LogP) is 1.06. The molecule has 138 valence electrons. The number of rotatable bonds is 1. The third-order valence-electron chi connectivity index (χ3n) is 7.94. The van der Waals surface area contributed by atoms with Crippen LogP contribution in [0.3, 0.4) is 0 Å². The van der Waals surface area contributed by atoms with Crippen LogP contribution in [0.15, 0.2) is 24.3 Å². The standard InChI is InChI=1S/C20H22O6/c1-4-16(2)8-11-13(22)20(25)14-17(3,15(23)26-20)6-5-10-7-18(10,14)19(11,24)12(21)9-16/h4,8,10,14,24-25H,1,5-7,9H2,2-3H3/t10-,14-,16+,17-,18-,19-,20+/m0/s1. The van der Waals surface area contributed by atoms with E-state index in [2.05, 4.69) is 6.58 Å². The zero-order chi connectivity index (χ0) is 18.9. The van der Waals surface area contributed by atoms with E-state index in [0.717, 1.165) is 0 Å². The van der Waals surface area contributed by atoms with Crippen molar-refractivity contribution >= 4 is 17.5 Å². The lowest BCUT2D eigenvalue weighted by atomic mass is 9.47. The van der Waals surface area contributed by atoms with Gasteiger partial charge in [-0.05, 0) is 32.1 Å². The number of ketones is 2. The highest BCUT2D eigenvalue weighted by atomic mass is 16.7. The van der Waals surface area contributed by atoms with Crippen LogP contribution in [-0.4, -0.2) is 39.1 Å². The third-order valence-corrected chi connectivity index (χ3v) is 7.94. The van der Waals surface area contributed by atoms with Crippen molar-refractivity contribution in [2.75, 3.05) is 0 Å². The molecule has 1 aliphatic heterocycles. The molecule has 0 amide bonds. The van der Waals surface area contributed by atoms with E-state index in [9.17, 15) is 24.6 Å². The van der Waals surface area contributed by atoms with Crippen molar-refractivity contribution < 1.29 is 29.3 Å². The minimum absolute atomic E-state index is 0.0138. The molecule has 0 radical (unpaired) electrons. The van der Waals surface area contributed by atoms with Crippen molar-refractivity contribution in [3.05, 3.63) is 24.3 Å². The summed E-state index contributed by atoms with van der Waals surface area (Å²) in [6.45, 7) is 7.17. The SMILES string of the molecule is C=C[C@]1(C)C=C2C(=O)[C@@]3(O)OC(=O)[C@@]4(C)CC[C@H]5C[C@]5([C@H]43)[C@@]2(O)C(=O)C1. The Labute approximate surface area is 150 Å². The summed E-state index contributed by atoms with van der Waals surface area (Å²) in [5.41, 5.74) is -4.97. The molecule has 4 aliphatic carbocycles. The van der Waals surface area contributed by atoms with Gasteiger partial charge >= 0.3 is 5.97 Å². The number of aliphatic hydroxyl groups is 2. The molecule has 1 spiro atoms. The summed E-state index contributed by atoms with van der Waals surface area (Å²) in [7, 11) is 0. The zero-order valence-corrected chi connectivity index (χ0v) is 14.9. The van der Waals surface area contributed by atoms with Crippen LogP contribution in [0.25, 0.3) is 0 Å². The Kier molecular flexibility index (Phi) is 2.55. The van der Waals surface area contributed by atoms with E-state index in [1.807, 2.05) is 0 Å². The molecule has 26 heavy (non-hydrogen) atoms. The first-order chi connectivity index (χ1) is 12.0. The molecule has 3 saturated carbocycles. The maximum absolute atomic E-state index is 13.3. The van der Waals surface area contributed by atoms with Crippen molar-refractivity contribution in [1.29, 1.82) is 0 Å². The summed E-state index contributed by atoms with van der Waals surface area (Å²) in [6, 6.07) is 0. The van der Waals surface area contributed by atoms with Crippen LogP contribution < -0.4 is 0 Å². The number of allylic oxidation sites excluding steroid dienone is 2. The second-order valence-electron chi connectivity index (χ2n) is 9.32. The summed E-state index contributed by atoms with van der Waals surface area (Å²) in [5.74, 6) is -5.13. The first-order valence-corrected chi connectivity index (χ1v) is 9.13. The zero-order valence-electron chi connectivity index (χ0n) is 14.9. The van der Waals surface area contributed by atoms with Crippen LogP contribution in [0, 0.1) is 28.1 Å². The van der Waals surface area contributed by atoms with Crippen LogP contribution in [0.2, 0.25) is 0 Å². The number of Topliss-reactive ketones (excluding diaryl/α,β-unsaturated/α-hetero) is 2. The van der Waals surface area contributed by atoms with Gasteiger partial charge in [0.2, 0.25) is 5.78 Å². The van der Waals surface area contributed by atoms with E-state index in [1.165, 1.54) is 0 Å². The Balaban J connectivity index is 1.83. The summed E-state index contributed by atoms with van der Waals surface area (Å²) in [6.07, 6.45) is 4.79. The molecule has 7 atom stereocenters. The third kappa shape index (κ3) is 1.34. The van der Waals surface area contributed by atoms with Crippen molar-refractivity contribution in [2.24, 2.45) is 28.1 Å². The fourth-order valence-electron chi connectivity index (χ4n) is 6.57. The number of ether oxygens (including phenoxy) is 1. The van der Waals surface area contributed by atoms with Crippen molar-refractivity contribution in [3.8, 4) is 0 Å². The second kappa shape index (κ2) is 4.04. The lowest BCUT2D eigenvalue weighted by molar-refractivity contribution is -0.234. The molecule has 6 nitrogen and oxygen atoms in total. The Hall–Kier alpha value is -1.79.